The van der Waals surface area contributed by atoms with Gasteiger partial charge in [0.1, 0.15) is 0 Å². The fourth-order valence-corrected chi connectivity index (χ4v) is 1.81. The predicted octanol–water partition coefficient (Wildman–Crippen LogP) is 2.71. The predicted molar refractivity (Wildman–Crippen MR) is 65.8 cm³/mol. The number of aryl methyl sites for hydroxylation is 1. The second kappa shape index (κ2) is 6.27. The molecule has 0 aliphatic carbocycles. The molecule has 0 bridgehead atoms. The highest BCUT2D eigenvalue weighted by atomic mass is 35.5. The van der Waals surface area contributed by atoms with Crippen molar-refractivity contribution in [2.45, 2.75) is 26.1 Å². The number of halogens is 1. The Hall–Kier alpha value is -1.53. The molecule has 0 spiro atoms. The minimum atomic E-state index is -0.280. The van der Waals surface area contributed by atoms with Crippen molar-refractivity contribution >= 4 is 17.6 Å². The fourth-order valence-electron chi connectivity index (χ4n) is 1.59. The van der Waals surface area contributed by atoms with Crippen molar-refractivity contribution in [3.8, 4) is 6.07 Å². The molecule has 3 nitrogen and oxygen atoms in total. The first-order valence-corrected chi connectivity index (χ1v) is 5.89. The summed E-state index contributed by atoms with van der Waals surface area (Å²) in [6, 6.07) is 5.64. The van der Waals surface area contributed by atoms with Gasteiger partial charge >= 0.3 is 5.97 Å². The lowest BCUT2D eigenvalue weighted by Crippen LogP contribution is -2.09. The van der Waals surface area contributed by atoms with Crippen molar-refractivity contribution < 1.29 is 9.53 Å². The molecule has 0 amide bonds. The molecule has 1 aromatic rings. The summed E-state index contributed by atoms with van der Waals surface area (Å²) in [4.78, 5) is 11.4. The summed E-state index contributed by atoms with van der Waals surface area (Å²) >= 11 is 5.75. The van der Waals surface area contributed by atoms with E-state index in [1.165, 1.54) is 0 Å². The van der Waals surface area contributed by atoms with Gasteiger partial charge in [0.2, 0.25) is 0 Å². The van der Waals surface area contributed by atoms with Crippen LogP contribution in [0.15, 0.2) is 12.1 Å². The quantitative estimate of drug-likeness (QED) is 0.611. The monoisotopic (exact) mass is 251 g/mol. The lowest BCUT2D eigenvalue weighted by Gasteiger charge is -2.09. The van der Waals surface area contributed by atoms with E-state index in [1.807, 2.05) is 13.0 Å². The van der Waals surface area contributed by atoms with Gasteiger partial charge in [0.25, 0.3) is 0 Å². The third-order valence-electron chi connectivity index (χ3n) is 2.47. The lowest BCUT2D eigenvalue weighted by molar-refractivity contribution is -0.142. The number of carbonyl (C=O) groups excluding carboxylic acids is 1. The Labute approximate surface area is 106 Å². The van der Waals surface area contributed by atoms with Crippen LogP contribution in [0, 0.1) is 18.3 Å². The molecule has 0 N–H and O–H groups in total. The number of ether oxygens (including phenoxy) is 1. The average molecular weight is 252 g/mol. The maximum absolute atomic E-state index is 11.4. The Morgan fingerprint density at radius 3 is 2.71 bits per heavy atom. The summed E-state index contributed by atoms with van der Waals surface area (Å²) < 4.78 is 4.88. The first-order chi connectivity index (χ1) is 8.12. The molecule has 90 valence electrons. The van der Waals surface area contributed by atoms with Gasteiger partial charge in [0.15, 0.2) is 0 Å². The highest BCUT2D eigenvalue weighted by Gasteiger charge is 2.10. The van der Waals surface area contributed by atoms with E-state index in [-0.39, 0.29) is 12.4 Å². The molecule has 1 aromatic carbocycles. The van der Waals surface area contributed by atoms with E-state index in [0.29, 0.717) is 18.1 Å². The topological polar surface area (TPSA) is 50.1 Å². The van der Waals surface area contributed by atoms with E-state index >= 15 is 0 Å². The minimum Gasteiger partial charge on any atom is -0.466 e. The zero-order valence-corrected chi connectivity index (χ0v) is 10.7. The van der Waals surface area contributed by atoms with Crippen molar-refractivity contribution in [3.63, 3.8) is 0 Å². The summed E-state index contributed by atoms with van der Waals surface area (Å²) in [5, 5.41) is 8.98. The number of nitriles is 1. The Morgan fingerprint density at radius 1 is 1.47 bits per heavy atom. The highest BCUT2D eigenvalue weighted by Crippen LogP contribution is 2.18. The maximum Gasteiger partial charge on any atom is 0.310 e. The molecule has 0 radical (unpaired) electrons. The number of hydrogen-bond donors (Lipinski definition) is 0. The lowest BCUT2D eigenvalue weighted by atomic mass is 9.98. The second-order valence-electron chi connectivity index (χ2n) is 3.66. The molecule has 0 aromatic heterocycles. The molecular formula is C13H14ClNO2. The number of rotatable bonds is 4. The van der Waals surface area contributed by atoms with Crippen LogP contribution in [-0.2, 0) is 21.8 Å². The van der Waals surface area contributed by atoms with Gasteiger partial charge in [-0.3, -0.25) is 4.79 Å². The third kappa shape index (κ3) is 3.47. The molecule has 0 atom stereocenters. The van der Waals surface area contributed by atoms with Crippen molar-refractivity contribution in [2.24, 2.45) is 0 Å². The van der Waals surface area contributed by atoms with Crippen molar-refractivity contribution in [3.05, 3.63) is 34.4 Å². The van der Waals surface area contributed by atoms with Gasteiger partial charge in [-0.05, 0) is 36.6 Å². The molecule has 1 rings (SSSR count). The van der Waals surface area contributed by atoms with Crippen LogP contribution < -0.4 is 0 Å². The van der Waals surface area contributed by atoms with E-state index in [9.17, 15) is 4.79 Å². The van der Waals surface area contributed by atoms with E-state index in [2.05, 4.69) is 6.07 Å². The minimum absolute atomic E-state index is 0.191. The summed E-state index contributed by atoms with van der Waals surface area (Å²) in [5.41, 5.74) is 3.07. The number of hydrogen-bond acceptors (Lipinski definition) is 3. The SMILES string of the molecule is CCOC(=O)Cc1cc(C#N)c(CCl)cc1C. The molecule has 0 fully saturated rings. The van der Waals surface area contributed by atoms with Gasteiger partial charge in [-0.25, -0.2) is 0 Å². The number of alkyl halides is 1. The molecule has 0 unspecified atom stereocenters. The van der Waals surface area contributed by atoms with Gasteiger partial charge < -0.3 is 4.74 Å². The fraction of sp³-hybridized carbons (Fsp3) is 0.385. The summed E-state index contributed by atoms with van der Waals surface area (Å²) in [5.74, 6) is 0.0155. The van der Waals surface area contributed by atoms with Crippen molar-refractivity contribution in [1.29, 1.82) is 5.26 Å². The van der Waals surface area contributed by atoms with Gasteiger partial charge in [0.05, 0.1) is 24.7 Å². The number of benzene rings is 1. The Morgan fingerprint density at radius 2 is 2.18 bits per heavy atom. The van der Waals surface area contributed by atoms with Gasteiger partial charge in [0, 0.05) is 5.88 Å². The van der Waals surface area contributed by atoms with Gasteiger partial charge in [-0.2, -0.15) is 5.26 Å². The molecule has 17 heavy (non-hydrogen) atoms. The summed E-state index contributed by atoms with van der Waals surface area (Å²) in [6.45, 7) is 4.02. The largest absolute Gasteiger partial charge is 0.466 e. The van der Waals surface area contributed by atoms with Gasteiger partial charge in [-0.15, -0.1) is 11.6 Å². The van der Waals surface area contributed by atoms with E-state index in [1.54, 1.807) is 13.0 Å². The summed E-state index contributed by atoms with van der Waals surface area (Å²) in [6.07, 6.45) is 0.191. The number of carbonyl (C=O) groups is 1. The highest BCUT2D eigenvalue weighted by molar-refractivity contribution is 6.17. The van der Waals surface area contributed by atoms with E-state index in [4.69, 9.17) is 21.6 Å². The van der Waals surface area contributed by atoms with Crippen molar-refractivity contribution in [1.82, 2.24) is 0 Å². The van der Waals surface area contributed by atoms with Crippen LogP contribution in [0.25, 0.3) is 0 Å². The first kappa shape index (κ1) is 13.5. The molecule has 0 aliphatic heterocycles. The Bertz CT molecular complexity index is 463. The third-order valence-corrected chi connectivity index (χ3v) is 2.75. The average Bonchev–Trinajstić information content (AvgIpc) is 2.31. The molecule has 0 saturated carbocycles. The van der Waals surface area contributed by atoms with Crippen LogP contribution in [0.5, 0.6) is 0 Å². The first-order valence-electron chi connectivity index (χ1n) is 5.36. The second-order valence-corrected chi connectivity index (χ2v) is 3.93. The zero-order valence-electron chi connectivity index (χ0n) is 9.92. The normalized spacial score (nSPS) is 9.76. The molecule has 0 heterocycles. The van der Waals surface area contributed by atoms with Crippen LogP contribution in [-0.4, -0.2) is 12.6 Å². The molecule has 0 saturated heterocycles. The van der Waals surface area contributed by atoms with Crippen LogP contribution in [0.3, 0.4) is 0 Å². The standard InChI is InChI=1S/C13H14ClNO2/c1-3-17-13(16)6-10-5-12(8-15)11(7-14)4-9(10)2/h4-5H,3,6-7H2,1-2H3. The maximum atomic E-state index is 11.4. The number of nitrogens with zero attached hydrogens (tertiary/aromatic N) is 1. The zero-order chi connectivity index (χ0) is 12.8. The van der Waals surface area contributed by atoms with Crippen LogP contribution in [0.2, 0.25) is 0 Å². The smallest absolute Gasteiger partial charge is 0.310 e. The number of esters is 1. The molecular weight excluding hydrogens is 238 g/mol. The van der Waals surface area contributed by atoms with Crippen LogP contribution in [0.1, 0.15) is 29.2 Å². The van der Waals surface area contributed by atoms with E-state index < -0.39 is 0 Å². The van der Waals surface area contributed by atoms with E-state index in [0.717, 1.165) is 16.7 Å². The molecule has 4 heteroatoms. The Balaban J connectivity index is 3.01. The van der Waals surface area contributed by atoms with Crippen molar-refractivity contribution in [2.75, 3.05) is 6.61 Å². The molecule has 0 aliphatic rings. The summed E-state index contributed by atoms with van der Waals surface area (Å²) in [7, 11) is 0. The Kier molecular flexibility index (Phi) is 4.99. The van der Waals surface area contributed by atoms with Crippen LogP contribution in [0.4, 0.5) is 0 Å². The van der Waals surface area contributed by atoms with Gasteiger partial charge in [-0.1, -0.05) is 6.07 Å². The van der Waals surface area contributed by atoms with Crippen LogP contribution >= 0.6 is 11.6 Å².